The number of morpholine rings is 1. The maximum atomic E-state index is 15.1. The van der Waals surface area contributed by atoms with Gasteiger partial charge in [-0.05, 0) is 74.9 Å². The van der Waals surface area contributed by atoms with Crippen LogP contribution >= 0.6 is 35.0 Å². The summed E-state index contributed by atoms with van der Waals surface area (Å²) in [7, 11) is 0. The summed E-state index contributed by atoms with van der Waals surface area (Å²) in [6.45, 7) is 6.99. The maximum absolute atomic E-state index is 15.1. The van der Waals surface area contributed by atoms with E-state index in [-0.39, 0.29) is 18.2 Å². The Morgan fingerprint density at radius 3 is 2.56 bits per heavy atom. The van der Waals surface area contributed by atoms with Gasteiger partial charge in [0.2, 0.25) is 0 Å². The fraction of sp³-hybridized carbons (Fsp3) is 0.357. The number of halogens is 4. The highest BCUT2D eigenvalue weighted by atomic mass is 35.5. The van der Waals surface area contributed by atoms with Crippen LogP contribution in [0.4, 0.5) is 19.4 Å². The Morgan fingerprint density at radius 1 is 1.18 bits per heavy atom. The van der Waals surface area contributed by atoms with Crippen LogP contribution in [0.25, 0.3) is 0 Å². The Bertz CT molecular complexity index is 1320. The summed E-state index contributed by atoms with van der Waals surface area (Å²) >= 11 is 14.0. The summed E-state index contributed by atoms with van der Waals surface area (Å²) in [5.74, 6) is -0.533. The van der Waals surface area contributed by atoms with Crippen LogP contribution < -0.4 is 4.90 Å². The minimum absolute atomic E-state index is 0.149. The van der Waals surface area contributed by atoms with Crippen molar-refractivity contribution in [1.82, 2.24) is 9.88 Å². The van der Waals surface area contributed by atoms with Crippen molar-refractivity contribution in [2.24, 2.45) is 0 Å². The number of carboxylic acid groups (broad SMARTS) is 1. The molecule has 0 aliphatic carbocycles. The van der Waals surface area contributed by atoms with Gasteiger partial charge in [0, 0.05) is 40.3 Å². The van der Waals surface area contributed by atoms with Crippen molar-refractivity contribution in [3.63, 3.8) is 0 Å². The Balaban J connectivity index is 1.67. The number of benzene rings is 2. The second-order valence-electron chi connectivity index (χ2n) is 10.2. The van der Waals surface area contributed by atoms with Gasteiger partial charge in [-0.15, -0.1) is 11.8 Å². The van der Waals surface area contributed by atoms with Gasteiger partial charge in [0.1, 0.15) is 17.5 Å². The van der Waals surface area contributed by atoms with Gasteiger partial charge in [-0.3, -0.25) is 0 Å². The Labute approximate surface area is 240 Å². The highest BCUT2D eigenvalue weighted by Crippen LogP contribution is 2.45. The third-order valence-corrected chi connectivity index (χ3v) is 8.21. The van der Waals surface area contributed by atoms with Gasteiger partial charge < -0.3 is 19.6 Å². The van der Waals surface area contributed by atoms with E-state index in [1.165, 1.54) is 28.9 Å². The first-order chi connectivity index (χ1) is 18.4. The molecular weight excluding hydrogens is 567 g/mol. The number of pyridine rings is 1. The SMILES string of the molecule is CC(C)(C)N(CC1CN(c2cc(C(Sc3ccc(Cl)cc3)c3cc(F)ccc3F)c(Cl)cn2)CCO1)C(=O)O. The molecule has 1 aromatic heterocycles. The number of thioether (sulfide) groups is 1. The smallest absolute Gasteiger partial charge is 0.407 e. The number of hydrogen-bond donors (Lipinski definition) is 1. The normalized spacial score (nSPS) is 16.7. The van der Waals surface area contributed by atoms with E-state index in [0.717, 1.165) is 17.0 Å². The van der Waals surface area contributed by atoms with E-state index in [1.54, 1.807) is 18.2 Å². The molecule has 0 spiro atoms. The summed E-state index contributed by atoms with van der Waals surface area (Å²) < 4.78 is 35.2. The molecule has 11 heteroatoms. The molecule has 1 amide bonds. The van der Waals surface area contributed by atoms with Crippen molar-refractivity contribution in [3.05, 3.63) is 87.5 Å². The summed E-state index contributed by atoms with van der Waals surface area (Å²) in [4.78, 5) is 20.5. The van der Waals surface area contributed by atoms with Crippen LogP contribution in [0.2, 0.25) is 10.0 Å². The average Bonchev–Trinajstić information content (AvgIpc) is 2.88. The van der Waals surface area contributed by atoms with E-state index in [0.29, 0.717) is 41.1 Å². The van der Waals surface area contributed by atoms with E-state index in [1.807, 2.05) is 37.8 Å². The average molecular weight is 597 g/mol. The molecular formula is C28H29Cl2F2N3O3S. The van der Waals surface area contributed by atoms with E-state index in [9.17, 15) is 14.3 Å². The number of ether oxygens (including phenoxy) is 1. The zero-order valence-electron chi connectivity index (χ0n) is 21.7. The number of nitrogens with zero attached hydrogens (tertiary/aromatic N) is 3. The molecule has 2 atom stereocenters. The van der Waals surface area contributed by atoms with E-state index < -0.39 is 28.5 Å². The molecule has 2 unspecified atom stereocenters. The third-order valence-electron chi connectivity index (χ3n) is 6.35. The maximum Gasteiger partial charge on any atom is 0.407 e. The molecule has 3 aromatic rings. The highest BCUT2D eigenvalue weighted by molar-refractivity contribution is 7.99. The molecule has 1 N–H and O–H groups in total. The van der Waals surface area contributed by atoms with E-state index >= 15 is 4.39 Å². The number of amides is 1. The van der Waals surface area contributed by atoms with Gasteiger partial charge >= 0.3 is 6.09 Å². The lowest BCUT2D eigenvalue weighted by Crippen LogP contribution is -2.53. The van der Waals surface area contributed by atoms with Crippen LogP contribution in [0.1, 0.15) is 37.1 Å². The lowest BCUT2D eigenvalue weighted by Gasteiger charge is -2.40. The van der Waals surface area contributed by atoms with Crippen molar-refractivity contribution >= 4 is 46.9 Å². The van der Waals surface area contributed by atoms with Crippen molar-refractivity contribution in [2.45, 2.75) is 42.6 Å². The molecule has 39 heavy (non-hydrogen) atoms. The Morgan fingerprint density at radius 2 is 1.90 bits per heavy atom. The summed E-state index contributed by atoms with van der Waals surface area (Å²) in [6.07, 6.45) is 0.103. The molecule has 0 saturated carbocycles. The zero-order valence-corrected chi connectivity index (χ0v) is 24.0. The lowest BCUT2D eigenvalue weighted by atomic mass is 10.0. The van der Waals surface area contributed by atoms with Crippen LogP contribution in [0, 0.1) is 11.6 Å². The molecule has 208 valence electrons. The van der Waals surface area contributed by atoms with E-state index in [2.05, 4.69) is 4.98 Å². The topological polar surface area (TPSA) is 65.9 Å². The van der Waals surface area contributed by atoms with Crippen LogP contribution in [0.3, 0.4) is 0 Å². The van der Waals surface area contributed by atoms with Crippen molar-refractivity contribution in [1.29, 1.82) is 0 Å². The summed E-state index contributed by atoms with van der Waals surface area (Å²) in [5.41, 5.74) is 0.122. The highest BCUT2D eigenvalue weighted by Gasteiger charge is 2.32. The number of rotatable bonds is 7. The van der Waals surface area contributed by atoms with Gasteiger partial charge in [0.15, 0.2) is 0 Å². The Hall–Kier alpha value is -2.59. The largest absolute Gasteiger partial charge is 0.465 e. The molecule has 0 radical (unpaired) electrons. The molecule has 1 aliphatic rings. The van der Waals surface area contributed by atoms with Crippen LogP contribution in [0.5, 0.6) is 0 Å². The standard InChI is InChI=1S/C28H29Cl2F2N3O3S/c1-28(2,3)35(27(36)37)16-19-15-34(10-11-38-19)25-13-21(23(30)14-33-25)26(22-12-18(31)6-9-24(22)32)39-20-7-4-17(29)5-8-20/h4-9,12-14,19,26H,10-11,15-16H2,1-3H3,(H,36,37). The van der Waals surface area contributed by atoms with Crippen molar-refractivity contribution < 1.29 is 23.4 Å². The van der Waals surface area contributed by atoms with Crippen molar-refractivity contribution in [3.8, 4) is 0 Å². The summed E-state index contributed by atoms with van der Waals surface area (Å²) in [6, 6.07) is 12.2. The van der Waals surface area contributed by atoms with Gasteiger partial charge in [0.25, 0.3) is 0 Å². The quantitative estimate of drug-likeness (QED) is 0.285. The number of anilines is 1. The molecule has 2 aromatic carbocycles. The summed E-state index contributed by atoms with van der Waals surface area (Å²) in [5, 5.41) is 9.89. The molecule has 2 heterocycles. The van der Waals surface area contributed by atoms with Gasteiger partial charge in [-0.1, -0.05) is 23.2 Å². The van der Waals surface area contributed by atoms with Gasteiger partial charge in [0.05, 0.1) is 29.5 Å². The number of carbonyl (C=O) groups is 1. The second kappa shape index (κ2) is 12.3. The predicted octanol–water partition coefficient (Wildman–Crippen LogP) is 7.53. The van der Waals surface area contributed by atoms with Gasteiger partial charge in [-0.25, -0.2) is 18.6 Å². The molecule has 6 nitrogen and oxygen atoms in total. The molecule has 4 rings (SSSR count). The van der Waals surface area contributed by atoms with Crippen molar-refractivity contribution in [2.75, 3.05) is 31.1 Å². The first-order valence-corrected chi connectivity index (χ1v) is 14.0. The fourth-order valence-electron chi connectivity index (χ4n) is 4.36. The lowest BCUT2D eigenvalue weighted by molar-refractivity contribution is -0.000525. The third kappa shape index (κ3) is 7.33. The van der Waals surface area contributed by atoms with Crippen LogP contribution in [0.15, 0.2) is 59.6 Å². The monoisotopic (exact) mass is 595 g/mol. The fourth-order valence-corrected chi connectivity index (χ4v) is 5.95. The Kier molecular flexibility index (Phi) is 9.26. The minimum atomic E-state index is -1.02. The molecule has 0 bridgehead atoms. The van der Waals surface area contributed by atoms with Crippen LogP contribution in [-0.2, 0) is 4.74 Å². The molecule has 1 saturated heterocycles. The number of hydrogen-bond acceptors (Lipinski definition) is 5. The second-order valence-corrected chi connectivity index (χ2v) is 12.2. The molecule has 1 fully saturated rings. The zero-order chi connectivity index (χ0) is 28.3. The van der Waals surface area contributed by atoms with Crippen LogP contribution in [-0.4, -0.2) is 59.0 Å². The number of aromatic nitrogens is 1. The minimum Gasteiger partial charge on any atom is -0.465 e. The predicted molar refractivity (Wildman–Crippen MR) is 151 cm³/mol. The molecule has 1 aliphatic heterocycles. The first kappa shape index (κ1) is 29.4. The van der Waals surface area contributed by atoms with Gasteiger partial charge in [-0.2, -0.15) is 0 Å². The van der Waals surface area contributed by atoms with E-state index in [4.69, 9.17) is 27.9 Å². The first-order valence-electron chi connectivity index (χ1n) is 12.3.